The summed E-state index contributed by atoms with van der Waals surface area (Å²) < 4.78 is 18.4. The van der Waals surface area contributed by atoms with E-state index in [4.69, 9.17) is 39.3 Å². The van der Waals surface area contributed by atoms with Gasteiger partial charge in [-0.1, -0.05) is 102 Å². The van der Waals surface area contributed by atoms with E-state index in [1.54, 1.807) is 60.7 Å². The van der Waals surface area contributed by atoms with Gasteiger partial charge >= 0.3 is 0 Å². The summed E-state index contributed by atoms with van der Waals surface area (Å²) in [4.78, 5) is 0. The van der Waals surface area contributed by atoms with Crippen LogP contribution in [0.25, 0.3) is 0 Å². The molecule has 134 valence electrons. The topological polar surface area (TPSA) is 26.3 Å². The predicted molar refractivity (Wildman–Crippen MR) is 110 cm³/mol. The first kappa shape index (κ1) is 19.5. The van der Waals surface area contributed by atoms with E-state index in [0.717, 1.165) is 0 Å². The van der Waals surface area contributed by atoms with Crippen molar-refractivity contribution in [1.29, 1.82) is 0 Å². The summed E-state index contributed by atoms with van der Waals surface area (Å²) in [5, 5.41) is 1.09. The van der Waals surface area contributed by atoms with E-state index in [0.29, 0.717) is 16.2 Å². The van der Waals surface area contributed by atoms with Crippen LogP contribution in [0.15, 0.2) is 91.0 Å². The Morgan fingerprint density at radius 1 is 0.692 bits per heavy atom. The van der Waals surface area contributed by atoms with E-state index in [9.17, 15) is 4.57 Å². The molecule has 3 aromatic rings. The number of hydrogen-bond donors (Lipinski definition) is 0. The van der Waals surface area contributed by atoms with Crippen molar-refractivity contribution in [2.75, 3.05) is 0 Å². The van der Waals surface area contributed by atoms with Gasteiger partial charge in [-0.05, 0) is 29.8 Å². The van der Waals surface area contributed by atoms with Crippen molar-refractivity contribution in [3.63, 3.8) is 0 Å². The summed E-state index contributed by atoms with van der Waals surface area (Å²) >= 11 is 18.6. The molecule has 0 radical (unpaired) electrons. The Morgan fingerprint density at radius 3 is 1.46 bits per heavy atom. The lowest BCUT2D eigenvalue weighted by molar-refractivity contribution is 0.221. The van der Waals surface area contributed by atoms with Crippen LogP contribution in [0, 0.1) is 0 Å². The highest BCUT2D eigenvalue weighted by atomic mass is 35.6. The lowest BCUT2D eigenvalue weighted by atomic mass is 10.1. The summed E-state index contributed by atoms with van der Waals surface area (Å²) in [5.74, 6) is 0. The largest absolute Gasteiger partial charge is 0.309 e. The molecule has 26 heavy (non-hydrogen) atoms. The molecule has 2 nitrogen and oxygen atoms in total. The molecular weight excluding hydrogens is 410 g/mol. The summed E-state index contributed by atoms with van der Waals surface area (Å²) in [7, 11) is -3.50. The molecular formula is C20H16Cl3O2P. The zero-order valence-electron chi connectivity index (χ0n) is 13.6. The second-order valence-corrected chi connectivity index (χ2v) is 10.4. The molecule has 0 aliphatic heterocycles. The molecule has 6 heteroatoms. The second kappa shape index (κ2) is 8.17. The van der Waals surface area contributed by atoms with Crippen molar-refractivity contribution in [3.05, 3.63) is 96.6 Å². The van der Waals surface area contributed by atoms with Gasteiger partial charge in [0.25, 0.3) is 7.37 Å². The molecule has 0 saturated carbocycles. The van der Waals surface area contributed by atoms with Gasteiger partial charge in [0, 0.05) is 10.6 Å². The Balaban J connectivity index is 2.12. The molecule has 0 aliphatic carbocycles. The molecule has 1 atom stereocenters. The fourth-order valence-electron chi connectivity index (χ4n) is 2.61. The van der Waals surface area contributed by atoms with Gasteiger partial charge in [-0.25, -0.2) is 0 Å². The van der Waals surface area contributed by atoms with Gasteiger partial charge < -0.3 is 4.52 Å². The molecule has 0 amide bonds. The van der Waals surface area contributed by atoms with E-state index in [1.807, 2.05) is 30.3 Å². The van der Waals surface area contributed by atoms with Gasteiger partial charge in [0.15, 0.2) is 0 Å². The van der Waals surface area contributed by atoms with E-state index in [2.05, 4.69) is 0 Å². The number of hydrogen-bond acceptors (Lipinski definition) is 2. The van der Waals surface area contributed by atoms with Crippen LogP contribution in [0.3, 0.4) is 0 Å². The summed E-state index contributed by atoms with van der Waals surface area (Å²) in [6.45, 7) is 0. The van der Waals surface area contributed by atoms with Crippen LogP contribution in [0.2, 0.25) is 0 Å². The third-order valence-electron chi connectivity index (χ3n) is 3.85. The fourth-order valence-corrected chi connectivity index (χ4v) is 5.55. The highest BCUT2D eigenvalue weighted by Crippen LogP contribution is 2.54. The van der Waals surface area contributed by atoms with E-state index in [1.165, 1.54) is 0 Å². The Kier molecular flexibility index (Phi) is 6.12. The molecule has 0 spiro atoms. The van der Waals surface area contributed by atoms with Crippen LogP contribution in [0.1, 0.15) is 11.7 Å². The predicted octanol–water partition coefficient (Wildman–Crippen LogP) is 6.04. The SMILES string of the molecule is O=P(O[C@H](c1ccccc1)C(Cl)(Cl)Cl)(c1ccccc1)c1ccccc1. The molecule has 0 heterocycles. The molecule has 3 aromatic carbocycles. The summed E-state index contributed by atoms with van der Waals surface area (Å²) in [6, 6.07) is 27.0. The van der Waals surface area contributed by atoms with Crippen LogP contribution >= 0.6 is 42.2 Å². The molecule has 0 aliphatic rings. The van der Waals surface area contributed by atoms with E-state index >= 15 is 0 Å². The minimum Gasteiger partial charge on any atom is -0.309 e. The first-order valence-corrected chi connectivity index (χ1v) is 10.7. The Hall–Kier alpha value is -1.28. The monoisotopic (exact) mass is 424 g/mol. The van der Waals surface area contributed by atoms with Gasteiger partial charge in [0.1, 0.15) is 6.10 Å². The third kappa shape index (κ3) is 4.34. The van der Waals surface area contributed by atoms with Crippen LogP contribution < -0.4 is 10.6 Å². The maximum Gasteiger partial charge on any atom is 0.262 e. The van der Waals surface area contributed by atoms with Crippen molar-refractivity contribution in [1.82, 2.24) is 0 Å². The number of halogens is 3. The first-order valence-electron chi connectivity index (χ1n) is 7.92. The van der Waals surface area contributed by atoms with Crippen molar-refractivity contribution < 1.29 is 9.09 Å². The Bertz CT molecular complexity index is 838. The quantitative estimate of drug-likeness (QED) is 0.368. The number of benzene rings is 3. The van der Waals surface area contributed by atoms with Crippen molar-refractivity contribution in [3.8, 4) is 0 Å². The molecule has 0 N–H and O–H groups in total. The van der Waals surface area contributed by atoms with Crippen molar-refractivity contribution >= 4 is 52.8 Å². The van der Waals surface area contributed by atoms with Crippen LogP contribution in [0.4, 0.5) is 0 Å². The minimum atomic E-state index is -3.50. The van der Waals surface area contributed by atoms with Gasteiger partial charge in [0.05, 0.1) is 0 Å². The second-order valence-electron chi connectivity index (χ2n) is 5.66. The smallest absolute Gasteiger partial charge is 0.262 e. The number of rotatable bonds is 5. The van der Waals surface area contributed by atoms with Gasteiger partial charge in [-0.15, -0.1) is 0 Å². The van der Waals surface area contributed by atoms with E-state index < -0.39 is 17.3 Å². The minimum absolute atomic E-state index is 0.543. The Morgan fingerprint density at radius 2 is 1.08 bits per heavy atom. The molecule has 0 fully saturated rings. The van der Waals surface area contributed by atoms with Gasteiger partial charge in [-0.2, -0.15) is 0 Å². The average Bonchev–Trinajstić information content (AvgIpc) is 2.67. The highest BCUT2D eigenvalue weighted by Gasteiger charge is 2.42. The average molecular weight is 426 g/mol. The third-order valence-corrected chi connectivity index (χ3v) is 6.90. The van der Waals surface area contributed by atoms with Gasteiger partial charge in [0.2, 0.25) is 3.79 Å². The van der Waals surface area contributed by atoms with Crippen LogP contribution in [-0.4, -0.2) is 3.79 Å². The molecule has 0 unspecified atom stereocenters. The first-order chi connectivity index (χ1) is 12.4. The standard InChI is InChI=1S/C20H16Cl3O2P/c21-20(22,23)19(16-10-4-1-5-11-16)25-26(24,17-12-6-2-7-13-17)18-14-8-3-9-15-18/h1-15,19H/t19-/m1/s1. The fraction of sp³-hybridized carbons (Fsp3) is 0.100. The van der Waals surface area contributed by atoms with Crippen LogP contribution in [-0.2, 0) is 9.09 Å². The zero-order chi connectivity index (χ0) is 18.6. The normalized spacial score (nSPS) is 13.3. The Labute approximate surface area is 168 Å². The molecule has 0 bridgehead atoms. The van der Waals surface area contributed by atoms with E-state index in [-0.39, 0.29) is 0 Å². The maximum absolute atomic E-state index is 14.0. The van der Waals surface area contributed by atoms with Crippen molar-refractivity contribution in [2.45, 2.75) is 9.90 Å². The zero-order valence-corrected chi connectivity index (χ0v) is 16.8. The molecule has 0 saturated heterocycles. The van der Waals surface area contributed by atoms with Crippen molar-refractivity contribution in [2.24, 2.45) is 0 Å². The summed E-state index contributed by atoms with van der Waals surface area (Å²) in [6.07, 6.45) is -1.00. The molecule has 0 aromatic heterocycles. The number of alkyl halides is 3. The molecule has 3 rings (SSSR count). The highest BCUT2D eigenvalue weighted by molar-refractivity contribution is 7.74. The summed E-state index contributed by atoms with van der Waals surface area (Å²) in [5.41, 5.74) is 0.639. The van der Waals surface area contributed by atoms with Gasteiger partial charge in [-0.3, -0.25) is 4.57 Å². The lowest BCUT2D eigenvalue weighted by Gasteiger charge is -2.30. The lowest BCUT2D eigenvalue weighted by Crippen LogP contribution is -2.26. The van der Waals surface area contributed by atoms with Crippen LogP contribution in [0.5, 0.6) is 0 Å². The maximum atomic E-state index is 14.0.